The highest BCUT2D eigenvalue weighted by atomic mass is 19.4. The Kier molecular flexibility index (Phi) is 4.50. The molecule has 2 heterocycles. The summed E-state index contributed by atoms with van der Waals surface area (Å²) in [6.45, 7) is 0. The van der Waals surface area contributed by atoms with Gasteiger partial charge in [-0.2, -0.15) is 27.1 Å². The highest BCUT2D eigenvalue weighted by Gasteiger charge is 2.50. The Labute approximate surface area is 148 Å². The molecule has 1 atom stereocenters. The monoisotopic (exact) mass is 390 g/mol. The summed E-state index contributed by atoms with van der Waals surface area (Å²) in [5.41, 5.74) is 0.922. The first kappa shape index (κ1) is 19.0. The summed E-state index contributed by atoms with van der Waals surface area (Å²) in [6.07, 6.45) is -7.02. The van der Waals surface area contributed by atoms with Crippen molar-refractivity contribution >= 4 is 10.8 Å². The lowest BCUT2D eigenvalue weighted by atomic mass is 10.1. The third kappa shape index (κ3) is 3.07. The first-order valence-corrected chi connectivity index (χ1v) is 7.44. The molecule has 0 spiro atoms. The van der Waals surface area contributed by atoms with Crippen LogP contribution in [0, 0.1) is 0 Å². The minimum atomic E-state index is -5.25. The van der Waals surface area contributed by atoms with Crippen LogP contribution < -0.4 is 10.5 Å². The Morgan fingerprint density at radius 2 is 1.81 bits per heavy atom. The number of pyridine rings is 1. The van der Waals surface area contributed by atoms with Crippen LogP contribution in [0.5, 0.6) is 5.88 Å². The van der Waals surface area contributed by atoms with Crippen LogP contribution in [0.4, 0.5) is 26.3 Å². The van der Waals surface area contributed by atoms with Crippen molar-refractivity contribution in [3.63, 3.8) is 0 Å². The molecule has 0 aliphatic carbocycles. The van der Waals surface area contributed by atoms with E-state index in [0.717, 1.165) is 0 Å². The molecule has 1 unspecified atom stereocenters. The Balaban J connectivity index is 2.34. The van der Waals surface area contributed by atoms with Crippen LogP contribution in [-0.4, -0.2) is 28.2 Å². The molecule has 11 heteroatoms. The number of nitrogens with zero attached hydrogens (tertiary/aromatic N) is 3. The van der Waals surface area contributed by atoms with Gasteiger partial charge in [-0.1, -0.05) is 6.07 Å². The SMILES string of the molecule is COc1nccc2c(-n3ncc(C(F)(F)C(N)F)c3C(F)(F)F)cccc12. The number of ether oxygens (including phenoxy) is 1. The number of fused-ring (bicyclic) bond motifs is 1. The molecule has 0 aliphatic rings. The predicted molar refractivity (Wildman–Crippen MR) is 83.4 cm³/mol. The van der Waals surface area contributed by atoms with E-state index < -0.39 is 29.7 Å². The summed E-state index contributed by atoms with van der Waals surface area (Å²) >= 11 is 0. The third-order valence-corrected chi connectivity index (χ3v) is 3.91. The summed E-state index contributed by atoms with van der Waals surface area (Å²) in [4.78, 5) is 3.94. The van der Waals surface area contributed by atoms with E-state index >= 15 is 0 Å². The van der Waals surface area contributed by atoms with E-state index in [9.17, 15) is 26.3 Å². The fourth-order valence-electron chi connectivity index (χ4n) is 2.71. The number of halogens is 6. The van der Waals surface area contributed by atoms with E-state index in [1.165, 1.54) is 37.6 Å². The molecule has 5 nitrogen and oxygen atoms in total. The van der Waals surface area contributed by atoms with Gasteiger partial charge in [0.25, 0.3) is 0 Å². The zero-order chi connectivity index (χ0) is 20.0. The average Bonchev–Trinajstić information content (AvgIpc) is 3.06. The lowest BCUT2D eigenvalue weighted by molar-refractivity contribution is -0.150. The minimum absolute atomic E-state index is 0.131. The molecule has 1 aromatic carbocycles. The smallest absolute Gasteiger partial charge is 0.433 e. The van der Waals surface area contributed by atoms with Crippen molar-refractivity contribution in [3.05, 3.63) is 47.9 Å². The number of nitrogens with two attached hydrogens (primary N) is 1. The second-order valence-corrected chi connectivity index (χ2v) is 5.53. The van der Waals surface area contributed by atoms with Gasteiger partial charge in [0.05, 0.1) is 24.6 Å². The number of benzene rings is 1. The zero-order valence-corrected chi connectivity index (χ0v) is 13.6. The van der Waals surface area contributed by atoms with Gasteiger partial charge in [0.15, 0.2) is 5.69 Å². The van der Waals surface area contributed by atoms with Crippen molar-refractivity contribution in [3.8, 4) is 11.6 Å². The summed E-state index contributed by atoms with van der Waals surface area (Å²) in [7, 11) is 1.32. The lowest BCUT2D eigenvalue weighted by Crippen LogP contribution is -2.36. The minimum Gasteiger partial charge on any atom is -0.481 e. The van der Waals surface area contributed by atoms with Gasteiger partial charge in [-0.05, 0) is 18.2 Å². The molecule has 0 aliphatic heterocycles. The molecule has 3 aromatic rings. The molecular weight excluding hydrogens is 378 g/mol. The van der Waals surface area contributed by atoms with E-state index in [1.54, 1.807) is 0 Å². The topological polar surface area (TPSA) is 66.0 Å². The third-order valence-electron chi connectivity index (χ3n) is 3.91. The second-order valence-electron chi connectivity index (χ2n) is 5.53. The Hall–Kier alpha value is -2.82. The first-order valence-electron chi connectivity index (χ1n) is 7.44. The Bertz CT molecular complexity index is 983. The fourth-order valence-corrected chi connectivity index (χ4v) is 2.71. The number of methoxy groups -OCH3 is 1. The highest BCUT2D eigenvalue weighted by Crippen LogP contribution is 2.42. The van der Waals surface area contributed by atoms with E-state index in [1.807, 2.05) is 0 Å². The second kappa shape index (κ2) is 6.41. The summed E-state index contributed by atoms with van der Waals surface area (Å²) < 4.78 is 87.1. The number of aromatic nitrogens is 3. The number of hydrogen-bond acceptors (Lipinski definition) is 4. The molecular formula is C16H12F6N4O. The normalized spacial score (nSPS) is 13.8. The van der Waals surface area contributed by atoms with Gasteiger partial charge in [0.2, 0.25) is 12.2 Å². The molecule has 2 aromatic heterocycles. The van der Waals surface area contributed by atoms with Crippen LogP contribution in [0.1, 0.15) is 11.3 Å². The van der Waals surface area contributed by atoms with Gasteiger partial charge in [0, 0.05) is 17.0 Å². The number of alkyl halides is 6. The molecule has 2 N–H and O–H groups in total. The van der Waals surface area contributed by atoms with Crippen LogP contribution in [0.15, 0.2) is 36.7 Å². The molecule has 0 radical (unpaired) electrons. The largest absolute Gasteiger partial charge is 0.481 e. The Morgan fingerprint density at radius 1 is 1.11 bits per heavy atom. The summed E-state index contributed by atoms with van der Waals surface area (Å²) in [5, 5.41) is 4.00. The van der Waals surface area contributed by atoms with Crippen molar-refractivity contribution in [2.75, 3.05) is 7.11 Å². The number of hydrogen-bond donors (Lipinski definition) is 1. The van der Waals surface area contributed by atoms with Crippen molar-refractivity contribution in [2.24, 2.45) is 5.73 Å². The fraction of sp³-hybridized carbons (Fsp3) is 0.250. The molecule has 0 amide bonds. The van der Waals surface area contributed by atoms with E-state index in [0.29, 0.717) is 5.39 Å². The van der Waals surface area contributed by atoms with Crippen LogP contribution in [0.25, 0.3) is 16.5 Å². The molecule has 0 saturated carbocycles. The van der Waals surface area contributed by atoms with Crippen molar-refractivity contribution in [1.29, 1.82) is 0 Å². The van der Waals surface area contributed by atoms with Crippen molar-refractivity contribution in [2.45, 2.75) is 18.4 Å². The van der Waals surface area contributed by atoms with Crippen LogP contribution in [-0.2, 0) is 12.1 Å². The van der Waals surface area contributed by atoms with Gasteiger partial charge < -0.3 is 4.74 Å². The summed E-state index contributed by atoms with van der Waals surface area (Å²) in [6, 6.07) is 5.56. The standard InChI is InChI=1S/C16H12F6N4O/c1-27-13-9-3-2-4-11(8(9)5-6-24-13)26-12(16(20,21)22)10(7-25-26)15(18,19)14(17)23/h2-7,14H,23H2,1H3. The molecule has 144 valence electrons. The zero-order valence-electron chi connectivity index (χ0n) is 13.6. The lowest BCUT2D eigenvalue weighted by Gasteiger charge is -2.20. The molecule has 0 saturated heterocycles. The first-order chi connectivity index (χ1) is 12.6. The maximum Gasteiger partial charge on any atom is 0.433 e. The number of rotatable bonds is 4. The molecule has 0 bridgehead atoms. The molecule has 3 rings (SSSR count). The van der Waals surface area contributed by atoms with Crippen LogP contribution in [0.3, 0.4) is 0 Å². The molecule has 27 heavy (non-hydrogen) atoms. The van der Waals surface area contributed by atoms with Crippen LogP contribution >= 0.6 is 0 Å². The van der Waals surface area contributed by atoms with Gasteiger partial charge in [-0.15, -0.1) is 0 Å². The van der Waals surface area contributed by atoms with E-state index in [2.05, 4.69) is 15.8 Å². The highest BCUT2D eigenvalue weighted by molar-refractivity contribution is 5.93. The van der Waals surface area contributed by atoms with Gasteiger partial charge >= 0.3 is 12.1 Å². The van der Waals surface area contributed by atoms with Crippen LogP contribution in [0.2, 0.25) is 0 Å². The Morgan fingerprint density at radius 3 is 2.41 bits per heavy atom. The van der Waals surface area contributed by atoms with Crippen molar-refractivity contribution < 1.29 is 31.1 Å². The van der Waals surface area contributed by atoms with Gasteiger partial charge in [-0.25, -0.2) is 14.1 Å². The van der Waals surface area contributed by atoms with E-state index in [4.69, 9.17) is 4.74 Å². The van der Waals surface area contributed by atoms with E-state index in [-0.39, 0.29) is 27.8 Å². The van der Waals surface area contributed by atoms with Gasteiger partial charge in [-0.3, -0.25) is 5.73 Å². The van der Waals surface area contributed by atoms with Gasteiger partial charge in [0.1, 0.15) is 0 Å². The predicted octanol–water partition coefficient (Wildman–Crippen LogP) is 3.79. The molecule has 0 fully saturated rings. The maximum absolute atomic E-state index is 13.9. The quantitative estimate of drug-likeness (QED) is 0.544. The maximum atomic E-state index is 13.9. The summed E-state index contributed by atoms with van der Waals surface area (Å²) in [5.74, 6) is -4.45. The average molecular weight is 390 g/mol. The van der Waals surface area contributed by atoms with Crippen molar-refractivity contribution in [1.82, 2.24) is 14.8 Å².